The highest BCUT2D eigenvalue weighted by atomic mass is 19.1. The van der Waals surface area contributed by atoms with Crippen LogP contribution in [0, 0.1) is 5.82 Å². The van der Waals surface area contributed by atoms with Gasteiger partial charge >= 0.3 is 5.97 Å². The van der Waals surface area contributed by atoms with Crippen molar-refractivity contribution < 1.29 is 19.0 Å². The molecule has 9 nitrogen and oxygen atoms in total. The molecule has 184 valence electrons. The molecule has 2 aromatic heterocycles. The zero-order chi connectivity index (χ0) is 25.2. The number of ether oxygens (including phenoxy) is 1. The summed E-state index contributed by atoms with van der Waals surface area (Å²) in [6, 6.07) is 14.8. The number of carbonyl (C=O) groups is 1. The number of nitrogens with zero attached hydrogens (tertiary/aromatic N) is 2. The van der Waals surface area contributed by atoms with E-state index in [-0.39, 0.29) is 35.0 Å². The molecule has 2 aromatic carbocycles. The molecule has 1 aliphatic heterocycles. The fourth-order valence-electron chi connectivity index (χ4n) is 4.46. The molecule has 0 spiro atoms. The van der Waals surface area contributed by atoms with E-state index in [2.05, 4.69) is 15.6 Å². The predicted octanol–water partition coefficient (Wildman–Crippen LogP) is 3.52. The number of carboxylic acids is 1. The summed E-state index contributed by atoms with van der Waals surface area (Å²) < 4.78 is 23.1. The highest BCUT2D eigenvalue weighted by Crippen LogP contribution is 2.43. The van der Waals surface area contributed by atoms with Gasteiger partial charge in [0.2, 0.25) is 5.43 Å². The number of aromatic carboxylic acids is 1. The van der Waals surface area contributed by atoms with Crippen molar-refractivity contribution in [2.75, 3.05) is 36.1 Å². The van der Waals surface area contributed by atoms with Crippen molar-refractivity contribution >= 4 is 34.1 Å². The van der Waals surface area contributed by atoms with Gasteiger partial charge in [0.15, 0.2) is 11.6 Å². The fourth-order valence-corrected chi connectivity index (χ4v) is 4.46. The highest BCUT2D eigenvalue weighted by molar-refractivity contribution is 6.03. The molecule has 5 N–H and O–H groups in total. The first-order valence-corrected chi connectivity index (χ1v) is 11.4. The summed E-state index contributed by atoms with van der Waals surface area (Å²) >= 11 is 0. The lowest BCUT2D eigenvalue weighted by molar-refractivity contribution is 0.0694. The Kier molecular flexibility index (Phi) is 6.16. The lowest BCUT2D eigenvalue weighted by atomic mass is 10.0. The second-order valence-electron chi connectivity index (χ2n) is 8.46. The highest BCUT2D eigenvalue weighted by Gasteiger charge is 2.32. The summed E-state index contributed by atoms with van der Waals surface area (Å²) in [5.74, 6) is -1.45. The third-order valence-electron chi connectivity index (χ3n) is 6.16. The van der Waals surface area contributed by atoms with Crippen LogP contribution in [0.2, 0.25) is 0 Å². The molecule has 1 aliphatic rings. The molecule has 10 heteroatoms. The quantitative estimate of drug-likeness (QED) is 0.218. The van der Waals surface area contributed by atoms with Gasteiger partial charge in [0.25, 0.3) is 0 Å². The molecule has 0 saturated carbocycles. The zero-order valence-corrected chi connectivity index (χ0v) is 19.2. The number of anilines is 3. The summed E-state index contributed by atoms with van der Waals surface area (Å²) in [6.07, 6.45) is 3.48. The molecule has 3 heterocycles. The van der Waals surface area contributed by atoms with Crippen molar-refractivity contribution in [2.24, 2.45) is 0 Å². The molecule has 0 saturated heterocycles. The van der Waals surface area contributed by atoms with Gasteiger partial charge in [-0.25, -0.2) is 14.2 Å². The number of rotatable bonds is 8. The molecule has 5 rings (SSSR count). The first kappa shape index (κ1) is 23.2. The summed E-state index contributed by atoms with van der Waals surface area (Å²) in [5.41, 5.74) is 5.66. The summed E-state index contributed by atoms with van der Waals surface area (Å²) in [6.45, 7) is 0.887. The molecule has 0 radical (unpaired) electrons. The van der Waals surface area contributed by atoms with Crippen LogP contribution in [-0.4, -0.2) is 40.3 Å². The third kappa shape index (κ3) is 4.17. The number of nitrogens with two attached hydrogens (primary N) is 1. The topological polar surface area (TPSA) is 131 Å². The van der Waals surface area contributed by atoms with Crippen molar-refractivity contribution in [1.82, 2.24) is 9.55 Å². The molecule has 0 aliphatic carbocycles. The minimum absolute atomic E-state index is 0.0252. The van der Waals surface area contributed by atoms with E-state index >= 15 is 4.39 Å². The molecule has 0 unspecified atom stereocenters. The van der Waals surface area contributed by atoms with Gasteiger partial charge in [0.1, 0.15) is 23.7 Å². The lowest BCUT2D eigenvalue weighted by Crippen LogP contribution is -2.30. The minimum Gasteiger partial charge on any atom is -0.487 e. The number of halogens is 1. The Bertz CT molecular complexity index is 1490. The molecular formula is C26H24FN5O4. The summed E-state index contributed by atoms with van der Waals surface area (Å²) in [5, 5.41) is 15.6. The second kappa shape index (κ2) is 9.57. The van der Waals surface area contributed by atoms with Crippen molar-refractivity contribution in [1.29, 1.82) is 0 Å². The Morgan fingerprint density at radius 3 is 2.64 bits per heavy atom. The Morgan fingerprint density at radius 2 is 1.92 bits per heavy atom. The van der Waals surface area contributed by atoms with Crippen LogP contribution in [-0.2, 0) is 6.42 Å². The number of nitrogens with one attached hydrogen (secondary N) is 2. The van der Waals surface area contributed by atoms with Crippen molar-refractivity contribution in [2.45, 2.75) is 12.5 Å². The smallest absolute Gasteiger partial charge is 0.341 e. The van der Waals surface area contributed by atoms with Crippen LogP contribution in [0.15, 0.2) is 65.7 Å². The first-order chi connectivity index (χ1) is 17.5. The Balaban J connectivity index is 1.57. The van der Waals surface area contributed by atoms with Crippen LogP contribution >= 0.6 is 0 Å². The van der Waals surface area contributed by atoms with Gasteiger partial charge < -0.3 is 30.8 Å². The summed E-state index contributed by atoms with van der Waals surface area (Å²) in [7, 11) is 0. The average molecular weight is 490 g/mol. The third-order valence-corrected chi connectivity index (χ3v) is 6.16. The number of hydrogen-bond acceptors (Lipinski definition) is 7. The molecule has 4 aromatic rings. The minimum atomic E-state index is -1.40. The summed E-state index contributed by atoms with van der Waals surface area (Å²) in [4.78, 5) is 29.1. The molecule has 1 atom stereocenters. The van der Waals surface area contributed by atoms with Crippen LogP contribution in [0.5, 0.6) is 5.75 Å². The van der Waals surface area contributed by atoms with Gasteiger partial charge in [0, 0.05) is 25.5 Å². The maximum absolute atomic E-state index is 15.4. The lowest BCUT2D eigenvalue weighted by Gasteiger charge is -2.31. The number of carboxylic acid groups (broad SMARTS) is 1. The maximum Gasteiger partial charge on any atom is 0.341 e. The van der Waals surface area contributed by atoms with Gasteiger partial charge in [-0.15, -0.1) is 0 Å². The Hall–Kier alpha value is -4.60. The van der Waals surface area contributed by atoms with Gasteiger partial charge in [-0.2, -0.15) is 0 Å². The number of aromatic nitrogens is 2. The Labute approximate surface area is 205 Å². The normalized spacial score (nSPS) is 14.3. The fraction of sp³-hybridized carbons (Fsp3) is 0.192. The van der Waals surface area contributed by atoms with Crippen molar-refractivity contribution in [3.63, 3.8) is 0 Å². The molecule has 36 heavy (non-hydrogen) atoms. The van der Waals surface area contributed by atoms with E-state index in [0.29, 0.717) is 25.3 Å². The number of hydrogen-bond donors (Lipinski definition) is 4. The van der Waals surface area contributed by atoms with E-state index in [0.717, 1.165) is 5.56 Å². The number of pyridine rings is 2. The Morgan fingerprint density at radius 1 is 1.17 bits per heavy atom. The van der Waals surface area contributed by atoms with Crippen LogP contribution < -0.4 is 26.5 Å². The SMILES string of the molecule is Nc1c(F)c(NCCNc2ccccn2)c2c3c1c(=O)c(C(=O)O)cn3[C@@H](Cc1ccccc1)CO2. The van der Waals surface area contributed by atoms with E-state index in [4.69, 9.17) is 10.5 Å². The standard InChI is InChI=1S/C26H24FN5O4/c27-20-21(28)19-23-25(22(20)31-11-10-30-18-8-4-5-9-29-18)36-14-16(12-15-6-2-1-3-7-15)32(23)13-17(24(19)33)26(34)35/h1-9,13,16,31H,10-12,14,28H2,(H,29,30)(H,34,35)/t16-/m0/s1. The van der Waals surface area contributed by atoms with E-state index in [1.807, 2.05) is 42.5 Å². The van der Waals surface area contributed by atoms with Crippen molar-refractivity contribution in [3.8, 4) is 5.75 Å². The van der Waals surface area contributed by atoms with Gasteiger partial charge in [0.05, 0.1) is 22.6 Å². The second-order valence-corrected chi connectivity index (χ2v) is 8.46. The molecule has 0 bridgehead atoms. The van der Waals surface area contributed by atoms with Crippen LogP contribution in [0.1, 0.15) is 22.0 Å². The van der Waals surface area contributed by atoms with Gasteiger partial charge in [-0.1, -0.05) is 36.4 Å². The number of benzene rings is 2. The number of nitrogen functional groups attached to an aromatic ring is 1. The largest absolute Gasteiger partial charge is 0.487 e. The van der Waals surface area contributed by atoms with E-state index in [1.165, 1.54) is 6.20 Å². The van der Waals surface area contributed by atoms with E-state index < -0.39 is 28.5 Å². The molecule has 0 fully saturated rings. The van der Waals surface area contributed by atoms with Crippen molar-refractivity contribution in [3.05, 3.63) is 88.1 Å². The van der Waals surface area contributed by atoms with E-state index in [9.17, 15) is 14.7 Å². The van der Waals surface area contributed by atoms with Crippen LogP contribution in [0.4, 0.5) is 21.6 Å². The first-order valence-electron chi connectivity index (χ1n) is 11.4. The monoisotopic (exact) mass is 489 g/mol. The molecular weight excluding hydrogens is 465 g/mol. The average Bonchev–Trinajstić information content (AvgIpc) is 2.89. The van der Waals surface area contributed by atoms with Crippen LogP contribution in [0.3, 0.4) is 0 Å². The molecule has 0 amide bonds. The predicted molar refractivity (Wildman–Crippen MR) is 135 cm³/mol. The van der Waals surface area contributed by atoms with Gasteiger partial charge in [-0.3, -0.25) is 4.79 Å². The maximum atomic E-state index is 15.4. The zero-order valence-electron chi connectivity index (χ0n) is 19.2. The van der Waals surface area contributed by atoms with Gasteiger partial charge in [-0.05, 0) is 24.1 Å². The van der Waals surface area contributed by atoms with E-state index in [1.54, 1.807) is 16.8 Å². The van der Waals surface area contributed by atoms with Crippen LogP contribution in [0.25, 0.3) is 10.9 Å².